The Hall–Kier alpha value is -1.77. The van der Waals surface area contributed by atoms with E-state index in [0.717, 1.165) is 0 Å². The van der Waals surface area contributed by atoms with Crippen LogP contribution in [-0.2, 0) is 9.53 Å². The molecule has 0 saturated heterocycles. The van der Waals surface area contributed by atoms with Crippen molar-refractivity contribution in [1.82, 2.24) is 0 Å². The molecule has 0 N–H and O–H groups in total. The molecule has 166 valence electrons. The summed E-state index contributed by atoms with van der Waals surface area (Å²) >= 11 is 0. The molecule has 2 nitrogen and oxygen atoms in total. The molecule has 0 bridgehead atoms. The van der Waals surface area contributed by atoms with Gasteiger partial charge in [0.05, 0.1) is 13.0 Å². The van der Waals surface area contributed by atoms with Gasteiger partial charge in [0.25, 0.3) is 0 Å². The average Bonchev–Trinajstić information content (AvgIpc) is 2.53. The summed E-state index contributed by atoms with van der Waals surface area (Å²) in [4.78, 5) is 10.5. The number of ether oxygens (including phenoxy) is 1. The van der Waals surface area contributed by atoms with Crippen molar-refractivity contribution in [3.8, 4) is 0 Å². The van der Waals surface area contributed by atoms with Crippen LogP contribution in [0.5, 0.6) is 0 Å². The van der Waals surface area contributed by atoms with Crippen LogP contribution in [0.1, 0.15) is 6.42 Å². The molecular formula is C12H8F14O2. The number of carbonyl (C=O) groups is 1. The molecule has 0 aromatic carbocycles. The van der Waals surface area contributed by atoms with Gasteiger partial charge in [-0.2, -0.15) is 52.7 Å². The monoisotopic (exact) mass is 450 g/mol. The van der Waals surface area contributed by atoms with Crippen molar-refractivity contribution in [2.24, 2.45) is 0 Å². The molecular weight excluding hydrogens is 442 g/mol. The smallest absolute Gasteiger partial charge is 0.384 e. The molecule has 0 radical (unpaired) electrons. The Labute approximate surface area is 146 Å². The van der Waals surface area contributed by atoms with Crippen LogP contribution in [0, 0.1) is 0 Å². The Balaban J connectivity index is 6.03. The first-order chi connectivity index (χ1) is 12.1. The number of hydrogen-bond donors (Lipinski definition) is 0. The standard InChI is InChI=1S/C12H8F14O2/c1-2-5(27)28-4-3-7(15,16)9(19,20)11(23,24)12(25,26)10(21,22)8(17,18)6(13)14/h2,6H,1,3-4H2. The largest absolute Gasteiger partial charge is 0.462 e. The summed E-state index contributed by atoms with van der Waals surface area (Å²) in [6, 6.07) is 0. The molecule has 0 spiro atoms. The maximum Gasteiger partial charge on any atom is 0.384 e. The first-order valence-electron chi connectivity index (χ1n) is 6.49. The molecule has 16 heteroatoms. The zero-order chi connectivity index (χ0) is 23.0. The van der Waals surface area contributed by atoms with Gasteiger partial charge in [0.15, 0.2) is 0 Å². The van der Waals surface area contributed by atoms with Gasteiger partial charge in [-0.05, 0) is 0 Å². The highest BCUT2D eigenvalue weighted by molar-refractivity contribution is 5.81. The maximum absolute atomic E-state index is 13.3. The fourth-order valence-electron chi connectivity index (χ4n) is 1.47. The molecule has 28 heavy (non-hydrogen) atoms. The second-order valence-corrected chi connectivity index (χ2v) is 5.05. The maximum atomic E-state index is 13.3. The van der Waals surface area contributed by atoms with E-state index >= 15 is 0 Å². The Kier molecular flexibility index (Phi) is 7.09. The molecule has 0 heterocycles. The lowest BCUT2D eigenvalue weighted by atomic mass is 9.90. The molecule has 0 atom stereocenters. The molecule has 0 aromatic heterocycles. The quantitative estimate of drug-likeness (QED) is 0.261. The van der Waals surface area contributed by atoms with Crippen molar-refractivity contribution in [2.75, 3.05) is 6.61 Å². The molecule has 0 rings (SSSR count). The van der Waals surface area contributed by atoms with Crippen LogP contribution in [0.15, 0.2) is 12.7 Å². The molecule has 0 saturated carbocycles. The van der Waals surface area contributed by atoms with Crippen molar-refractivity contribution < 1.29 is 71.0 Å². The van der Waals surface area contributed by atoms with Crippen molar-refractivity contribution in [3.05, 3.63) is 12.7 Å². The summed E-state index contributed by atoms with van der Waals surface area (Å²) in [5.74, 6) is -46.5. The van der Waals surface area contributed by atoms with Crippen LogP contribution in [0.25, 0.3) is 0 Å². The van der Waals surface area contributed by atoms with E-state index in [9.17, 15) is 66.3 Å². The third-order valence-electron chi connectivity index (χ3n) is 3.16. The first-order valence-corrected chi connectivity index (χ1v) is 6.49. The molecule has 0 aliphatic carbocycles. The lowest BCUT2D eigenvalue weighted by molar-refractivity contribution is -0.433. The fraction of sp³-hybridized carbons (Fsp3) is 0.750. The topological polar surface area (TPSA) is 26.3 Å². The lowest BCUT2D eigenvalue weighted by Gasteiger charge is -2.41. The zero-order valence-electron chi connectivity index (χ0n) is 12.9. The Morgan fingerprint density at radius 3 is 1.54 bits per heavy atom. The Morgan fingerprint density at radius 2 is 1.18 bits per heavy atom. The van der Waals surface area contributed by atoms with Gasteiger partial charge < -0.3 is 4.74 Å². The molecule has 0 aromatic rings. The predicted octanol–water partition coefficient (Wildman–Crippen LogP) is 5.18. The third-order valence-corrected chi connectivity index (χ3v) is 3.16. The highest BCUT2D eigenvalue weighted by Gasteiger charge is 2.90. The van der Waals surface area contributed by atoms with Crippen molar-refractivity contribution in [2.45, 2.75) is 48.4 Å². The number of esters is 1. The Bertz CT molecular complexity index is 583. The Morgan fingerprint density at radius 1 is 0.786 bits per heavy atom. The molecule has 0 aliphatic rings. The molecule has 0 aliphatic heterocycles. The van der Waals surface area contributed by atoms with Gasteiger partial charge in [-0.15, -0.1) is 0 Å². The van der Waals surface area contributed by atoms with Crippen LogP contribution in [-0.4, -0.2) is 54.5 Å². The van der Waals surface area contributed by atoms with E-state index in [1.165, 1.54) is 0 Å². The highest BCUT2D eigenvalue weighted by atomic mass is 19.4. The van der Waals surface area contributed by atoms with Gasteiger partial charge in [-0.3, -0.25) is 0 Å². The lowest BCUT2D eigenvalue weighted by Crippen LogP contribution is -2.71. The van der Waals surface area contributed by atoms with Crippen LogP contribution < -0.4 is 0 Å². The van der Waals surface area contributed by atoms with E-state index in [1.807, 2.05) is 0 Å². The second kappa shape index (κ2) is 7.57. The van der Waals surface area contributed by atoms with E-state index in [0.29, 0.717) is 0 Å². The minimum absolute atomic E-state index is 0.284. The van der Waals surface area contributed by atoms with E-state index in [1.54, 1.807) is 0 Å². The second-order valence-electron chi connectivity index (χ2n) is 5.05. The van der Waals surface area contributed by atoms with Gasteiger partial charge >= 0.3 is 47.9 Å². The number of alkyl halides is 14. The summed E-state index contributed by atoms with van der Waals surface area (Å²) in [6.07, 6.45) is -8.11. The zero-order valence-corrected chi connectivity index (χ0v) is 12.9. The van der Waals surface area contributed by atoms with Gasteiger partial charge in [0, 0.05) is 6.08 Å². The normalized spacial score (nSPS) is 15.0. The summed E-state index contributed by atoms with van der Waals surface area (Å²) in [5, 5.41) is 0. The molecule has 0 fully saturated rings. The van der Waals surface area contributed by atoms with Crippen molar-refractivity contribution in [1.29, 1.82) is 0 Å². The number of halogens is 14. The highest BCUT2D eigenvalue weighted by Crippen LogP contribution is 2.61. The van der Waals surface area contributed by atoms with Crippen LogP contribution in [0.4, 0.5) is 61.5 Å². The number of rotatable bonds is 10. The van der Waals surface area contributed by atoms with Crippen LogP contribution >= 0.6 is 0 Å². The van der Waals surface area contributed by atoms with Gasteiger partial charge in [-0.25, -0.2) is 13.6 Å². The van der Waals surface area contributed by atoms with E-state index in [-0.39, 0.29) is 6.08 Å². The summed E-state index contributed by atoms with van der Waals surface area (Å²) < 4.78 is 184. The summed E-state index contributed by atoms with van der Waals surface area (Å²) in [6.45, 7) is 0.881. The van der Waals surface area contributed by atoms with Crippen LogP contribution in [0.3, 0.4) is 0 Å². The van der Waals surface area contributed by atoms with Crippen LogP contribution in [0.2, 0.25) is 0 Å². The van der Waals surface area contributed by atoms with E-state index in [4.69, 9.17) is 0 Å². The van der Waals surface area contributed by atoms with E-state index in [2.05, 4.69) is 11.3 Å². The number of carbonyl (C=O) groups excluding carboxylic acids is 1. The van der Waals surface area contributed by atoms with Gasteiger partial charge in [-0.1, -0.05) is 6.58 Å². The minimum Gasteiger partial charge on any atom is -0.462 e. The van der Waals surface area contributed by atoms with Crippen molar-refractivity contribution >= 4 is 5.97 Å². The first kappa shape index (κ1) is 26.2. The summed E-state index contributed by atoms with van der Waals surface area (Å²) in [7, 11) is 0. The summed E-state index contributed by atoms with van der Waals surface area (Å²) in [5.41, 5.74) is 0. The van der Waals surface area contributed by atoms with Crippen molar-refractivity contribution in [3.63, 3.8) is 0 Å². The number of hydrogen-bond acceptors (Lipinski definition) is 2. The fourth-order valence-corrected chi connectivity index (χ4v) is 1.47. The van der Waals surface area contributed by atoms with Gasteiger partial charge in [0.2, 0.25) is 0 Å². The van der Waals surface area contributed by atoms with E-state index < -0.39 is 61.0 Å². The predicted molar refractivity (Wildman–Crippen MR) is 61.5 cm³/mol. The minimum atomic E-state index is -8.06. The molecule has 0 unspecified atom stereocenters. The average molecular weight is 450 g/mol. The van der Waals surface area contributed by atoms with Gasteiger partial charge in [0.1, 0.15) is 0 Å². The SMILES string of the molecule is C=CC(=O)OCCC(F)(F)C(F)(F)C(F)(F)C(F)(F)C(F)(F)C(F)(F)C(F)F. The molecule has 0 amide bonds. The third kappa shape index (κ3) is 3.86.